The molecular weight excluding hydrogens is 328 g/mol. The molecule has 0 atom stereocenters. The molecule has 1 heterocycles. The van der Waals surface area contributed by atoms with Crippen molar-refractivity contribution in [2.75, 3.05) is 14.2 Å². The van der Waals surface area contributed by atoms with Crippen LogP contribution in [0.2, 0.25) is 5.02 Å². The molecule has 0 fully saturated rings. The second-order valence-electron chi connectivity index (χ2n) is 5.06. The van der Waals surface area contributed by atoms with Gasteiger partial charge in [-0.1, -0.05) is 11.6 Å². The molecule has 5 nitrogen and oxygen atoms in total. The smallest absolute Gasteiger partial charge is 0.264 e. The molecule has 24 heavy (non-hydrogen) atoms. The van der Waals surface area contributed by atoms with E-state index in [9.17, 15) is 10.1 Å². The zero-order chi connectivity index (χ0) is 17.3. The Morgan fingerprint density at radius 2 is 1.75 bits per heavy atom. The summed E-state index contributed by atoms with van der Waals surface area (Å²) in [4.78, 5) is 12.9. The monoisotopic (exact) mass is 340 g/mol. The van der Waals surface area contributed by atoms with Crippen molar-refractivity contribution in [3.05, 3.63) is 63.5 Å². The molecule has 0 aliphatic carbocycles. The molecule has 1 aromatic heterocycles. The molecule has 3 rings (SSSR count). The predicted molar refractivity (Wildman–Crippen MR) is 92.4 cm³/mol. The molecule has 0 radical (unpaired) electrons. The maximum atomic E-state index is 12.9. The van der Waals surface area contributed by atoms with E-state index in [2.05, 4.69) is 0 Å². The SMILES string of the molecule is COc1ccc(-n2cc(Cl)c3cc(OC)cc(C#N)c3c2=O)cc1. The van der Waals surface area contributed by atoms with Gasteiger partial charge in [-0.05, 0) is 36.4 Å². The lowest BCUT2D eigenvalue weighted by atomic mass is 10.1. The van der Waals surface area contributed by atoms with Crippen molar-refractivity contribution in [1.82, 2.24) is 4.57 Å². The van der Waals surface area contributed by atoms with Crippen LogP contribution in [-0.2, 0) is 0 Å². The van der Waals surface area contributed by atoms with E-state index in [1.54, 1.807) is 37.4 Å². The van der Waals surface area contributed by atoms with Gasteiger partial charge in [0.1, 0.15) is 17.6 Å². The topological polar surface area (TPSA) is 64.2 Å². The summed E-state index contributed by atoms with van der Waals surface area (Å²) in [5.74, 6) is 1.16. The number of hydrogen-bond acceptors (Lipinski definition) is 4. The molecule has 120 valence electrons. The lowest BCUT2D eigenvalue weighted by Crippen LogP contribution is -2.19. The number of ether oxygens (including phenoxy) is 2. The molecule has 0 unspecified atom stereocenters. The van der Waals surface area contributed by atoms with Gasteiger partial charge in [0.2, 0.25) is 0 Å². The Morgan fingerprint density at radius 3 is 2.33 bits per heavy atom. The number of nitrogens with zero attached hydrogens (tertiary/aromatic N) is 2. The van der Waals surface area contributed by atoms with E-state index in [-0.39, 0.29) is 16.5 Å². The van der Waals surface area contributed by atoms with Crippen LogP contribution in [0.15, 0.2) is 47.4 Å². The predicted octanol–water partition coefficient (Wildman–Crippen LogP) is 3.53. The second-order valence-corrected chi connectivity index (χ2v) is 5.47. The Bertz CT molecular complexity index is 1020. The first-order valence-corrected chi connectivity index (χ1v) is 7.44. The van der Waals surface area contributed by atoms with Gasteiger partial charge in [0, 0.05) is 17.3 Å². The Hall–Kier alpha value is -2.97. The maximum Gasteiger partial charge on any atom is 0.264 e. The van der Waals surface area contributed by atoms with Crippen LogP contribution in [0.25, 0.3) is 16.5 Å². The fraction of sp³-hybridized carbons (Fsp3) is 0.111. The summed E-state index contributed by atoms with van der Waals surface area (Å²) in [6.07, 6.45) is 1.54. The molecule has 0 amide bonds. The highest BCUT2D eigenvalue weighted by atomic mass is 35.5. The zero-order valence-corrected chi connectivity index (χ0v) is 13.8. The van der Waals surface area contributed by atoms with Crippen molar-refractivity contribution in [3.8, 4) is 23.3 Å². The minimum absolute atomic E-state index is 0.221. The van der Waals surface area contributed by atoms with E-state index in [1.807, 2.05) is 6.07 Å². The number of fused-ring (bicyclic) bond motifs is 1. The lowest BCUT2D eigenvalue weighted by molar-refractivity contribution is 0.414. The van der Waals surface area contributed by atoms with Crippen molar-refractivity contribution in [1.29, 1.82) is 5.26 Å². The minimum atomic E-state index is -0.321. The van der Waals surface area contributed by atoms with Gasteiger partial charge in [0.25, 0.3) is 5.56 Å². The van der Waals surface area contributed by atoms with E-state index in [0.29, 0.717) is 27.6 Å². The number of halogens is 1. The van der Waals surface area contributed by atoms with Crippen molar-refractivity contribution >= 4 is 22.4 Å². The largest absolute Gasteiger partial charge is 0.497 e. The van der Waals surface area contributed by atoms with Gasteiger partial charge in [-0.3, -0.25) is 9.36 Å². The molecule has 0 aliphatic heterocycles. The number of nitriles is 1. The van der Waals surface area contributed by atoms with Crippen LogP contribution in [0.3, 0.4) is 0 Å². The van der Waals surface area contributed by atoms with Gasteiger partial charge in [0.05, 0.1) is 30.2 Å². The van der Waals surface area contributed by atoms with Gasteiger partial charge >= 0.3 is 0 Å². The van der Waals surface area contributed by atoms with Crippen molar-refractivity contribution < 1.29 is 9.47 Å². The van der Waals surface area contributed by atoms with Crippen LogP contribution < -0.4 is 15.0 Å². The number of methoxy groups -OCH3 is 2. The molecular formula is C18H13ClN2O3. The molecule has 2 aromatic carbocycles. The third kappa shape index (κ3) is 2.57. The zero-order valence-electron chi connectivity index (χ0n) is 13.0. The van der Waals surface area contributed by atoms with Crippen LogP contribution in [0.1, 0.15) is 5.56 Å². The molecule has 0 saturated carbocycles. The van der Waals surface area contributed by atoms with E-state index in [4.69, 9.17) is 21.1 Å². The summed E-state index contributed by atoms with van der Waals surface area (Å²) in [5, 5.41) is 10.5. The first kappa shape index (κ1) is 15.9. The standard InChI is InChI=1S/C18H13ClN2O3/c1-23-13-5-3-12(4-6-13)21-10-16(19)15-8-14(24-2)7-11(9-20)17(15)18(21)22/h3-8,10H,1-2H3. The summed E-state index contributed by atoms with van der Waals surface area (Å²) in [5.41, 5.74) is 0.530. The molecule has 6 heteroatoms. The Kier molecular flexibility index (Phi) is 4.15. The number of aromatic nitrogens is 1. The number of benzene rings is 2. The van der Waals surface area contributed by atoms with Gasteiger partial charge in [-0.2, -0.15) is 5.26 Å². The molecule has 0 N–H and O–H groups in total. The lowest BCUT2D eigenvalue weighted by Gasteiger charge is -2.12. The summed E-state index contributed by atoms with van der Waals surface area (Å²) in [6.45, 7) is 0. The highest BCUT2D eigenvalue weighted by Crippen LogP contribution is 2.29. The summed E-state index contributed by atoms with van der Waals surface area (Å²) < 4.78 is 11.7. The molecule has 0 aliphatic rings. The third-order valence-corrected chi connectivity index (χ3v) is 4.05. The number of hydrogen-bond donors (Lipinski definition) is 0. The van der Waals surface area contributed by atoms with Crippen LogP contribution in [0, 0.1) is 11.3 Å². The van der Waals surface area contributed by atoms with E-state index >= 15 is 0 Å². The van der Waals surface area contributed by atoms with Gasteiger partial charge < -0.3 is 9.47 Å². The van der Waals surface area contributed by atoms with E-state index in [1.165, 1.54) is 23.9 Å². The second kappa shape index (κ2) is 6.26. The minimum Gasteiger partial charge on any atom is -0.497 e. The normalized spacial score (nSPS) is 10.4. The van der Waals surface area contributed by atoms with Crippen LogP contribution in [0.4, 0.5) is 0 Å². The first-order chi connectivity index (χ1) is 11.6. The third-order valence-electron chi connectivity index (χ3n) is 3.75. The summed E-state index contributed by atoms with van der Waals surface area (Å²) >= 11 is 6.35. The Balaban J connectivity index is 2.34. The molecule has 0 bridgehead atoms. The summed E-state index contributed by atoms with van der Waals surface area (Å²) in [6, 6.07) is 12.2. The van der Waals surface area contributed by atoms with E-state index in [0.717, 1.165) is 0 Å². The van der Waals surface area contributed by atoms with Crippen LogP contribution in [0.5, 0.6) is 11.5 Å². The van der Waals surface area contributed by atoms with Gasteiger partial charge in [-0.25, -0.2) is 0 Å². The summed E-state index contributed by atoms with van der Waals surface area (Å²) in [7, 11) is 3.06. The fourth-order valence-electron chi connectivity index (χ4n) is 2.54. The highest BCUT2D eigenvalue weighted by Gasteiger charge is 2.14. The van der Waals surface area contributed by atoms with E-state index < -0.39 is 0 Å². The first-order valence-electron chi connectivity index (χ1n) is 7.06. The average molecular weight is 341 g/mol. The van der Waals surface area contributed by atoms with Crippen molar-refractivity contribution in [3.63, 3.8) is 0 Å². The van der Waals surface area contributed by atoms with Gasteiger partial charge in [0.15, 0.2) is 0 Å². The van der Waals surface area contributed by atoms with Crippen molar-refractivity contribution in [2.45, 2.75) is 0 Å². The Labute approximate surface area is 143 Å². The quantitative estimate of drug-likeness (QED) is 0.731. The maximum absolute atomic E-state index is 12.9. The average Bonchev–Trinajstić information content (AvgIpc) is 2.63. The van der Waals surface area contributed by atoms with Gasteiger partial charge in [-0.15, -0.1) is 0 Å². The molecule has 3 aromatic rings. The van der Waals surface area contributed by atoms with Crippen LogP contribution in [-0.4, -0.2) is 18.8 Å². The van der Waals surface area contributed by atoms with Crippen LogP contribution >= 0.6 is 11.6 Å². The highest BCUT2D eigenvalue weighted by molar-refractivity contribution is 6.35. The fourth-order valence-corrected chi connectivity index (χ4v) is 2.78. The number of rotatable bonds is 3. The molecule has 0 spiro atoms. The Morgan fingerprint density at radius 1 is 1.08 bits per heavy atom. The molecule has 0 saturated heterocycles. The number of pyridine rings is 1. The van der Waals surface area contributed by atoms with Crippen molar-refractivity contribution in [2.24, 2.45) is 0 Å².